The van der Waals surface area contributed by atoms with Crippen molar-refractivity contribution in [2.24, 2.45) is 5.73 Å². The number of rotatable bonds is 3. The fraction of sp³-hybridized carbons (Fsp3) is 0.300. The van der Waals surface area contributed by atoms with Gasteiger partial charge in [0.1, 0.15) is 0 Å². The molecule has 0 spiro atoms. The fourth-order valence-electron chi connectivity index (χ4n) is 1.47. The van der Waals surface area contributed by atoms with Crippen LogP contribution in [0, 0.1) is 0 Å². The van der Waals surface area contributed by atoms with Gasteiger partial charge in [0.25, 0.3) is 0 Å². The van der Waals surface area contributed by atoms with Crippen LogP contribution < -0.4 is 5.73 Å². The highest BCUT2D eigenvalue weighted by Crippen LogP contribution is 2.28. The molecule has 1 aromatic heterocycles. The highest BCUT2D eigenvalue weighted by Gasteiger charge is 2.14. The summed E-state index contributed by atoms with van der Waals surface area (Å²) in [4.78, 5) is 1.09. The van der Waals surface area contributed by atoms with Gasteiger partial charge in [-0.1, -0.05) is 18.2 Å². The summed E-state index contributed by atoms with van der Waals surface area (Å²) in [5.41, 5.74) is 6.57. The molecular weight excluding hydrogens is 196 g/mol. The first-order valence-corrected chi connectivity index (χ1v) is 5.29. The summed E-state index contributed by atoms with van der Waals surface area (Å²) >= 11 is 1.43. The zero-order valence-electron chi connectivity index (χ0n) is 7.68. The second-order valence-electron chi connectivity index (χ2n) is 3.18. The van der Waals surface area contributed by atoms with Gasteiger partial charge in [0.05, 0.1) is 12.1 Å². The molecule has 0 amide bonds. The molecule has 2 rings (SSSR count). The molecule has 0 radical (unpaired) electrons. The van der Waals surface area contributed by atoms with Crippen molar-refractivity contribution in [1.82, 2.24) is 4.37 Å². The summed E-state index contributed by atoms with van der Waals surface area (Å²) in [6.45, 7) is 0.547. The fourth-order valence-corrected chi connectivity index (χ4v) is 2.41. The highest BCUT2D eigenvalue weighted by atomic mass is 32.1. The number of nitrogens with zero attached hydrogens (tertiary/aromatic N) is 1. The first-order valence-electron chi connectivity index (χ1n) is 4.52. The van der Waals surface area contributed by atoms with Gasteiger partial charge in [0.15, 0.2) is 0 Å². The summed E-state index contributed by atoms with van der Waals surface area (Å²) in [5.74, 6) is 0.0207. The molecule has 0 bridgehead atoms. The molecule has 1 aromatic carbocycles. The maximum Gasteiger partial charge on any atom is 0.0843 e. The van der Waals surface area contributed by atoms with E-state index in [1.807, 2.05) is 24.3 Å². The van der Waals surface area contributed by atoms with E-state index in [0.29, 0.717) is 6.54 Å². The number of hydrogen-bond acceptors (Lipinski definition) is 4. The van der Waals surface area contributed by atoms with E-state index < -0.39 is 0 Å². The number of aliphatic hydroxyl groups excluding tert-OH is 1. The lowest BCUT2D eigenvalue weighted by molar-refractivity contribution is 0.270. The topological polar surface area (TPSA) is 59.1 Å². The minimum atomic E-state index is 0.0207. The van der Waals surface area contributed by atoms with Gasteiger partial charge in [-0.15, -0.1) is 0 Å². The van der Waals surface area contributed by atoms with E-state index in [9.17, 15) is 0 Å². The van der Waals surface area contributed by atoms with Crippen molar-refractivity contribution >= 4 is 22.4 Å². The molecular formula is C10H12N2OS. The predicted octanol–water partition coefficient (Wildman–Crippen LogP) is 1.33. The second-order valence-corrected chi connectivity index (χ2v) is 3.98. The van der Waals surface area contributed by atoms with Gasteiger partial charge in [0.2, 0.25) is 0 Å². The minimum absolute atomic E-state index is 0.0207. The van der Waals surface area contributed by atoms with Crippen molar-refractivity contribution in [3.05, 3.63) is 29.1 Å². The Hall–Kier alpha value is -0.970. The van der Waals surface area contributed by atoms with E-state index in [-0.39, 0.29) is 12.5 Å². The SMILES string of the molecule is NCC(CO)c1snc2ccccc12. The zero-order chi connectivity index (χ0) is 9.97. The summed E-state index contributed by atoms with van der Waals surface area (Å²) < 4.78 is 4.31. The molecule has 3 nitrogen and oxygen atoms in total. The summed E-state index contributed by atoms with van der Waals surface area (Å²) in [6.07, 6.45) is 0. The Bertz CT molecular complexity index is 423. The Balaban J connectivity index is 2.51. The number of hydrogen-bond donors (Lipinski definition) is 2. The largest absolute Gasteiger partial charge is 0.396 e. The van der Waals surface area contributed by atoms with Crippen molar-refractivity contribution in [3.8, 4) is 0 Å². The van der Waals surface area contributed by atoms with E-state index >= 15 is 0 Å². The molecule has 0 aliphatic rings. The van der Waals surface area contributed by atoms with Gasteiger partial charge < -0.3 is 10.8 Å². The number of benzene rings is 1. The molecule has 0 aliphatic carbocycles. The number of nitrogens with two attached hydrogens (primary N) is 1. The Labute approximate surface area is 86.3 Å². The van der Waals surface area contributed by atoms with E-state index in [1.165, 1.54) is 11.5 Å². The minimum Gasteiger partial charge on any atom is -0.396 e. The molecule has 4 heteroatoms. The van der Waals surface area contributed by atoms with Crippen LogP contribution in [0.25, 0.3) is 10.9 Å². The first kappa shape index (κ1) is 9.58. The van der Waals surface area contributed by atoms with Crippen LogP contribution in [0.3, 0.4) is 0 Å². The van der Waals surface area contributed by atoms with Gasteiger partial charge in [-0.2, -0.15) is 4.37 Å². The molecule has 3 N–H and O–H groups in total. The monoisotopic (exact) mass is 208 g/mol. The molecule has 74 valence electrons. The van der Waals surface area contributed by atoms with Gasteiger partial charge in [-0.05, 0) is 17.6 Å². The van der Waals surface area contributed by atoms with Gasteiger partial charge >= 0.3 is 0 Å². The third-order valence-corrected chi connectivity index (χ3v) is 3.33. The van der Waals surface area contributed by atoms with Crippen LogP contribution in [0.1, 0.15) is 10.8 Å². The van der Waals surface area contributed by atoms with E-state index in [2.05, 4.69) is 4.37 Å². The number of aliphatic hydroxyl groups is 1. The standard InChI is InChI=1S/C10H12N2OS/c11-5-7(6-13)10-8-3-1-2-4-9(8)12-14-10/h1-4,7,13H,5-6,11H2. The lowest BCUT2D eigenvalue weighted by Crippen LogP contribution is -2.14. The first-order chi connectivity index (χ1) is 6.86. The quantitative estimate of drug-likeness (QED) is 0.800. The zero-order valence-corrected chi connectivity index (χ0v) is 8.50. The van der Waals surface area contributed by atoms with Crippen LogP contribution in [-0.4, -0.2) is 22.6 Å². The van der Waals surface area contributed by atoms with E-state index in [1.54, 1.807) is 0 Å². The summed E-state index contributed by atoms with van der Waals surface area (Å²) in [5, 5.41) is 10.3. The molecule has 14 heavy (non-hydrogen) atoms. The van der Waals surface area contributed by atoms with Gasteiger partial charge in [-0.3, -0.25) is 0 Å². The third kappa shape index (κ3) is 1.52. The average Bonchev–Trinajstić information content (AvgIpc) is 2.65. The smallest absolute Gasteiger partial charge is 0.0843 e. The highest BCUT2D eigenvalue weighted by molar-refractivity contribution is 7.07. The molecule has 1 unspecified atom stereocenters. The molecule has 0 saturated heterocycles. The van der Waals surface area contributed by atoms with E-state index in [0.717, 1.165) is 15.8 Å². The average molecular weight is 208 g/mol. The summed E-state index contributed by atoms with van der Waals surface area (Å²) in [7, 11) is 0. The van der Waals surface area contributed by atoms with Crippen LogP contribution in [0.2, 0.25) is 0 Å². The normalized spacial score (nSPS) is 13.3. The van der Waals surface area contributed by atoms with Crippen molar-refractivity contribution in [2.75, 3.05) is 13.2 Å². The lowest BCUT2D eigenvalue weighted by atomic mass is 10.1. The maximum absolute atomic E-state index is 9.16. The Morgan fingerprint density at radius 2 is 2.21 bits per heavy atom. The van der Waals surface area contributed by atoms with Crippen molar-refractivity contribution in [3.63, 3.8) is 0 Å². The van der Waals surface area contributed by atoms with Crippen molar-refractivity contribution in [2.45, 2.75) is 5.92 Å². The molecule has 0 aliphatic heterocycles. The van der Waals surface area contributed by atoms with Gasteiger partial charge in [-0.25, -0.2) is 0 Å². The van der Waals surface area contributed by atoms with Crippen LogP contribution in [0.4, 0.5) is 0 Å². The molecule has 2 aromatic rings. The molecule has 1 heterocycles. The molecule has 0 saturated carbocycles. The van der Waals surface area contributed by atoms with Crippen LogP contribution in [-0.2, 0) is 0 Å². The maximum atomic E-state index is 9.16. The Kier molecular flexibility index (Phi) is 2.77. The van der Waals surface area contributed by atoms with E-state index in [4.69, 9.17) is 10.8 Å². The van der Waals surface area contributed by atoms with Crippen molar-refractivity contribution in [1.29, 1.82) is 0 Å². The van der Waals surface area contributed by atoms with Crippen LogP contribution >= 0.6 is 11.5 Å². The molecule has 1 atom stereocenters. The third-order valence-electron chi connectivity index (χ3n) is 2.29. The molecule has 0 fully saturated rings. The van der Waals surface area contributed by atoms with Crippen molar-refractivity contribution < 1.29 is 5.11 Å². The second kappa shape index (κ2) is 4.04. The van der Waals surface area contributed by atoms with Crippen LogP contribution in [0.5, 0.6) is 0 Å². The predicted molar refractivity (Wildman–Crippen MR) is 58.5 cm³/mol. The summed E-state index contributed by atoms with van der Waals surface area (Å²) in [6, 6.07) is 7.93. The van der Waals surface area contributed by atoms with Crippen LogP contribution in [0.15, 0.2) is 24.3 Å². The lowest BCUT2D eigenvalue weighted by Gasteiger charge is -2.08. The Morgan fingerprint density at radius 3 is 2.93 bits per heavy atom. The number of aromatic nitrogens is 1. The Morgan fingerprint density at radius 1 is 1.43 bits per heavy atom. The number of fused-ring (bicyclic) bond motifs is 1. The van der Waals surface area contributed by atoms with Gasteiger partial charge in [0, 0.05) is 22.7 Å².